The second-order valence-electron chi connectivity index (χ2n) is 8.89. The molecule has 1 aliphatic rings. The largest absolute Gasteiger partial charge is 0.507 e. The van der Waals surface area contributed by atoms with Crippen molar-refractivity contribution in [2.24, 2.45) is 0 Å². The van der Waals surface area contributed by atoms with E-state index >= 15 is 0 Å². The molecule has 1 aromatic heterocycles. The van der Waals surface area contributed by atoms with Crippen LogP contribution in [-0.4, -0.2) is 40.3 Å². The normalized spacial score (nSPS) is 17.2. The number of ketones is 1. The number of aromatic amines is 1. The van der Waals surface area contributed by atoms with E-state index < -0.39 is 23.5 Å². The van der Waals surface area contributed by atoms with Crippen LogP contribution < -0.4 is 4.74 Å². The summed E-state index contributed by atoms with van der Waals surface area (Å²) in [4.78, 5) is 31.1. The summed E-state index contributed by atoms with van der Waals surface area (Å²) in [5.41, 5.74) is 3.87. The Balaban J connectivity index is 1.55. The smallest absolute Gasteiger partial charge is 0.295 e. The molecule has 0 unspecified atom stereocenters. The van der Waals surface area contributed by atoms with E-state index in [2.05, 4.69) is 4.98 Å². The molecule has 4 aromatic rings. The first kappa shape index (κ1) is 23.4. The van der Waals surface area contributed by atoms with Gasteiger partial charge >= 0.3 is 0 Å². The maximum Gasteiger partial charge on any atom is 0.295 e. The third kappa shape index (κ3) is 4.13. The average Bonchev–Trinajstić information content (AvgIpc) is 3.40. The molecule has 2 heterocycles. The average molecular weight is 485 g/mol. The highest BCUT2D eigenvalue weighted by molar-refractivity contribution is 6.46. The van der Waals surface area contributed by atoms with E-state index in [-0.39, 0.29) is 17.9 Å². The predicted octanol–water partition coefficient (Wildman–Crippen LogP) is 5.29. The lowest BCUT2D eigenvalue weighted by Gasteiger charge is -2.25. The Morgan fingerprint density at radius 2 is 1.78 bits per heavy atom. The Morgan fingerprint density at radius 3 is 2.47 bits per heavy atom. The fourth-order valence-electron chi connectivity index (χ4n) is 4.70. The van der Waals surface area contributed by atoms with Gasteiger partial charge in [0.05, 0.1) is 18.7 Å². The van der Waals surface area contributed by atoms with Crippen LogP contribution in [0.15, 0.2) is 78.5 Å². The summed E-state index contributed by atoms with van der Waals surface area (Å²) in [5.74, 6) is -1.42. The number of likely N-dealkylation sites (tertiary alicyclic amines) is 1. The monoisotopic (exact) mass is 484 g/mol. The number of aromatic nitrogens is 1. The van der Waals surface area contributed by atoms with E-state index in [0.29, 0.717) is 23.3 Å². The number of methoxy groups -OCH3 is 1. The standard InChI is InChI=1S/C29H25FN2O4/c1-17-3-5-19(6-4-17)27(33)25-26(18-7-9-21(30)10-8-18)32(29(35)28(25)34)14-13-20-16-31-24-12-11-22(36-2)15-23(20)24/h3-12,15-16,26,31,33H,13-14H2,1-2H3/t26-/m0/s1. The molecular weight excluding hydrogens is 459 g/mol. The molecule has 1 saturated heterocycles. The van der Waals surface area contributed by atoms with E-state index in [1.54, 1.807) is 19.2 Å². The van der Waals surface area contributed by atoms with Gasteiger partial charge in [-0.2, -0.15) is 0 Å². The lowest BCUT2D eigenvalue weighted by atomic mass is 9.95. The van der Waals surface area contributed by atoms with Crippen LogP contribution in [0.5, 0.6) is 5.75 Å². The number of halogens is 1. The molecule has 0 aliphatic carbocycles. The predicted molar refractivity (Wildman–Crippen MR) is 135 cm³/mol. The van der Waals surface area contributed by atoms with Gasteiger partial charge in [-0.3, -0.25) is 9.59 Å². The van der Waals surface area contributed by atoms with Crippen LogP contribution in [0.25, 0.3) is 16.7 Å². The van der Waals surface area contributed by atoms with Gasteiger partial charge in [-0.05, 0) is 54.8 Å². The number of Topliss-reactive ketones (excluding diaryl/α,β-unsaturated/α-hetero) is 1. The fourth-order valence-corrected chi connectivity index (χ4v) is 4.70. The number of fused-ring (bicyclic) bond motifs is 1. The zero-order valence-electron chi connectivity index (χ0n) is 19.9. The summed E-state index contributed by atoms with van der Waals surface area (Å²) in [6.45, 7) is 2.14. The van der Waals surface area contributed by atoms with Crippen LogP contribution in [0.3, 0.4) is 0 Å². The Bertz CT molecular complexity index is 1490. The van der Waals surface area contributed by atoms with Crippen LogP contribution >= 0.6 is 0 Å². The number of aliphatic hydroxyl groups is 1. The number of aliphatic hydroxyl groups excluding tert-OH is 1. The molecule has 36 heavy (non-hydrogen) atoms. The molecule has 1 amide bonds. The van der Waals surface area contributed by atoms with Crippen molar-refractivity contribution in [3.05, 3.63) is 107 Å². The van der Waals surface area contributed by atoms with Crippen LogP contribution in [0, 0.1) is 12.7 Å². The molecule has 1 fully saturated rings. The van der Waals surface area contributed by atoms with Gasteiger partial charge in [0.25, 0.3) is 11.7 Å². The van der Waals surface area contributed by atoms with Gasteiger partial charge in [0.15, 0.2) is 0 Å². The first-order valence-electron chi connectivity index (χ1n) is 11.6. The molecule has 182 valence electrons. The zero-order chi connectivity index (χ0) is 25.4. The van der Waals surface area contributed by atoms with Gasteiger partial charge in [-0.15, -0.1) is 0 Å². The molecular formula is C29H25FN2O4. The van der Waals surface area contributed by atoms with Crippen LogP contribution in [0.2, 0.25) is 0 Å². The highest BCUT2D eigenvalue weighted by atomic mass is 19.1. The molecule has 0 bridgehead atoms. The Labute approximate surface area is 207 Å². The van der Waals surface area contributed by atoms with Gasteiger partial charge in [0.1, 0.15) is 17.3 Å². The highest BCUT2D eigenvalue weighted by Crippen LogP contribution is 2.39. The van der Waals surface area contributed by atoms with Crippen molar-refractivity contribution in [1.29, 1.82) is 0 Å². The van der Waals surface area contributed by atoms with E-state index in [1.165, 1.54) is 29.2 Å². The van der Waals surface area contributed by atoms with Gasteiger partial charge in [0.2, 0.25) is 0 Å². The Kier molecular flexibility index (Phi) is 6.06. The summed E-state index contributed by atoms with van der Waals surface area (Å²) in [5, 5.41) is 12.1. The number of aryl methyl sites for hydroxylation is 1. The van der Waals surface area contributed by atoms with E-state index in [4.69, 9.17) is 4.74 Å². The van der Waals surface area contributed by atoms with E-state index in [1.807, 2.05) is 43.5 Å². The van der Waals surface area contributed by atoms with Gasteiger partial charge in [-0.25, -0.2) is 4.39 Å². The summed E-state index contributed by atoms with van der Waals surface area (Å²) in [7, 11) is 1.60. The third-order valence-electron chi connectivity index (χ3n) is 6.65. The number of amides is 1. The van der Waals surface area contributed by atoms with Crippen molar-refractivity contribution in [2.75, 3.05) is 13.7 Å². The van der Waals surface area contributed by atoms with Crippen molar-refractivity contribution >= 4 is 28.4 Å². The first-order valence-corrected chi connectivity index (χ1v) is 11.6. The summed E-state index contributed by atoms with van der Waals surface area (Å²) in [6.07, 6.45) is 2.34. The van der Waals surface area contributed by atoms with E-state index in [9.17, 15) is 19.1 Å². The molecule has 2 N–H and O–H groups in total. The second-order valence-corrected chi connectivity index (χ2v) is 8.89. The molecule has 0 saturated carbocycles. The third-order valence-corrected chi connectivity index (χ3v) is 6.65. The SMILES string of the molecule is COc1ccc2[nH]cc(CCN3C(=O)C(=O)C(=C(O)c4ccc(C)cc4)[C@@H]3c3ccc(F)cc3)c2c1. The van der Waals surface area contributed by atoms with Crippen molar-refractivity contribution in [2.45, 2.75) is 19.4 Å². The van der Waals surface area contributed by atoms with Crippen molar-refractivity contribution in [3.8, 4) is 5.75 Å². The highest BCUT2D eigenvalue weighted by Gasteiger charge is 2.45. The molecule has 7 heteroatoms. The molecule has 3 aromatic carbocycles. The first-order chi connectivity index (χ1) is 17.4. The zero-order valence-corrected chi connectivity index (χ0v) is 19.9. The molecule has 1 aliphatic heterocycles. The maximum absolute atomic E-state index is 13.7. The molecule has 6 nitrogen and oxygen atoms in total. The Morgan fingerprint density at radius 1 is 1.06 bits per heavy atom. The number of rotatable bonds is 6. The molecule has 5 rings (SSSR count). The number of nitrogens with zero attached hydrogens (tertiary/aromatic N) is 1. The van der Waals surface area contributed by atoms with Crippen molar-refractivity contribution in [1.82, 2.24) is 9.88 Å². The number of hydrogen-bond donors (Lipinski definition) is 2. The quantitative estimate of drug-likeness (QED) is 0.221. The number of hydrogen-bond acceptors (Lipinski definition) is 4. The number of ether oxygens (including phenoxy) is 1. The maximum atomic E-state index is 13.7. The van der Waals surface area contributed by atoms with Gasteiger partial charge in [0, 0.05) is 29.2 Å². The van der Waals surface area contributed by atoms with Gasteiger partial charge in [-0.1, -0.05) is 42.0 Å². The lowest BCUT2D eigenvalue weighted by Crippen LogP contribution is -2.31. The minimum absolute atomic E-state index is 0.00365. The number of carbonyl (C=O) groups is 2. The summed E-state index contributed by atoms with van der Waals surface area (Å²) in [6, 6.07) is 17.6. The topological polar surface area (TPSA) is 82.6 Å². The van der Waals surface area contributed by atoms with E-state index in [0.717, 1.165) is 22.0 Å². The number of nitrogens with one attached hydrogen (secondary N) is 1. The lowest BCUT2D eigenvalue weighted by molar-refractivity contribution is -0.139. The van der Waals surface area contributed by atoms with Crippen molar-refractivity contribution < 1.29 is 23.8 Å². The molecule has 0 radical (unpaired) electrons. The minimum atomic E-state index is -0.841. The van der Waals surface area contributed by atoms with Crippen LogP contribution in [-0.2, 0) is 16.0 Å². The van der Waals surface area contributed by atoms with Crippen LogP contribution in [0.4, 0.5) is 4.39 Å². The fraction of sp³-hybridized carbons (Fsp3) is 0.172. The minimum Gasteiger partial charge on any atom is -0.507 e. The van der Waals surface area contributed by atoms with Gasteiger partial charge < -0.3 is 19.7 Å². The molecule has 1 atom stereocenters. The van der Waals surface area contributed by atoms with Crippen molar-refractivity contribution in [3.63, 3.8) is 0 Å². The Hall–Kier alpha value is -4.39. The number of benzene rings is 3. The number of carbonyl (C=O) groups excluding carboxylic acids is 2. The molecule has 0 spiro atoms. The number of H-pyrrole nitrogens is 1. The summed E-state index contributed by atoms with van der Waals surface area (Å²) < 4.78 is 19.0. The second kappa shape index (κ2) is 9.34. The van der Waals surface area contributed by atoms with Crippen LogP contribution in [0.1, 0.15) is 28.3 Å². The summed E-state index contributed by atoms with van der Waals surface area (Å²) >= 11 is 0.